The molecule has 3 aromatic carbocycles. The van der Waals surface area contributed by atoms with Crippen LogP contribution in [-0.2, 0) is 4.79 Å². The second-order valence-electron chi connectivity index (χ2n) is 5.80. The summed E-state index contributed by atoms with van der Waals surface area (Å²) in [6, 6.07) is 19.0. The molecule has 0 saturated heterocycles. The van der Waals surface area contributed by atoms with E-state index in [1.165, 1.54) is 18.2 Å². The van der Waals surface area contributed by atoms with Crippen molar-refractivity contribution < 1.29 is 18.7 Å². The summed E-state index contributed by atoms with van der Waals surface area (Å²) in [5.41, 5.74) is 0.686. The highest BCUT2D eigenvalue weighted by Gasteiger charge is 2.09. The van der Waals surface area contributed by atoms with Gasteiger partial charge in [-0.3, -0.25) is 9.59 Å². The van der Waals surface area contributed by atoms with Gasteiger partial charge in [-0.1, -0.05) is 29.8 Å². The van der Waals surface area contributed by atoms with Crippen LogP contribution in [0.15, 0.2) is 72.8 Å². The summed E-state index contributed by atoms with van der Waals surface area (Å²) < 4.78 is 18.8. The van der Waals surface area contributed by atoms with E-state index in [9.17, 15) is 14.0 Å². The Balaban J connectivity index is 1.51. The van der Waals surface area contributed by atoms with Gasteiger partial charge in [0.2, 0.25) is 5.91 Å². The van der Waals surface area contributed by atoms with Crippen molar-refractivity contribution in [3.05, 3.63) is 89.2 Å². The molecule has 0 aliphatic carbocycles. The number of anilines is 1. The number of para-hydroxylation sites is 1. The normalized spacial score (nSPS) is 10.2. The molecule has 0 spiro atoms. The van der Waals surface area contributed by atoms with Crippen LogP contribution in [0.1, 0.15) is 10.4 Å². The molecule has 5 nitrogen and oxygen atoms in total. The van der Waals surface area contributed by atoms with Crippen molar-refractivity contribution in [3.8, 4) is 11.5 Å². The first-order valence-electron chi connectivity index (χ1n) is 8.37. The maximum Gasteiger partial charge on any atom is 0.251 e. The van der Waals surface area contributed by atoms with Gasteiger partial charge in [-0.25, -0.2) is 4.39 Å². The van der Waals surface area contributed by atoms with E-state index in [0.717, 1.165) is 6.07 Å². The fourth-order valence-electron chi connectivity index (χ4n) is 2.36. The minimum Gasteiger partial charge on any atom is -0.456 e. The Morgan fingerprint density at radius 2 is 1.71 bits per heavy atom. The van der Waals surface area contributed by atoms with E-state index >= 15 is 0 Å². The van der Waals surface area contributed by atoms with Crippen molar-refractivity contribution in [1.29, 1.82) is 0 Å². The van der Waals surface area contributed by atoms with E-state index in [2.05, 4.69) is 10.6 Å². The van der Waals surface area contributed by atoms with Crippen LogP contribution in [0.25, 0.3) is 0 Å². The van der Waals surface area contributed by atoms with Crippen LogP contribution in [0.3, 0.4) is 0 Å². The highest BCUT2D eigenvalue weighted by Crippen LogP contribution is 2.29. The van der Waals surface area contributed by atoms with E-state index < -0.39 is 17.6 Å². The Morgan fingerprint density at radius 3 is 2.43 bits per heavy atom. The maximum atomic E-state index is 13.1. The third-order valence-electron chi connectivity index (χ3n) is 3.70. The fraction of sp³-hybridized carbons (Fsp3) is 0.0476. The molecule has 3 rings (SSSR count). The topological polar surface area (TPSA) is 67.4 Å². The van der Waals surface area contributed by atoms with Gasteiger partial charge in [-0.2, -0.15) is 0 Å². The molecule has 2 N–H and O–H groups in total. The van der Waals surface area contributed by atoms with Crippen molar-refractivity contribution in [1.82, 2.24) is 5.32 Å². The Labute approximate surface area is 166 Å². The zero-order valence-electron chi connectivity index (χ0n) is 14.6. The van der Waals surface area contributed by atoms with Crippen LogP contribution in [0.5, 0.6) is 11.5 Å². The molecule has 0 saturated carbocycles. The molecule has 2 amide bonds. The Hall–Kier alpha value is -3.38. The summed E-state index contributed by atoms with van der Waals surface area (Å²) in [6.45, 7) is -0.243. The molecule has 28 heavy (non-hydrogen) atoms. The molecule has 0 bridgehead atoms. The maximum absolute atomic E-state index is 13.1. The van der Waals surface area contributed by atoms with Gasteiger partial charge in [0.15, 0.2) is 0 Å². The molecule has 0 aromatic heterocycles. The zero-order valence-corrected chi connectivity index (χ0v) is 15.4. The van der Waals surface area contributed by atoms with E-state index in [0.29, 0.717) is 22.2 Å². The number of ether oxygens (including phenoxy) is 1. The van der Waals surface area contributed by atoms with Gasteiger partial charge in [0.1, 0.15) is 17.3 Å². The largest absolute Gasteiger partial charge is 0.456 e. The second kappa shape index (κ2) is 9.01. The average molecular weight is 399 g/mol. The summed E-state index contributed by atoms with van der Waals surface area (Å²) >= 11 is 6.05. The molecule has 7 heteroatoms. The Kier molecular flexibility index (Phi) is 6.24. The summed E-state index contributed by atoms with van der Waals surface area (Å²) in [6.07, 6.45) is 0. The van der Waals surface area contributed by atoms with E-state index in [-0.39, 0.29) is 12.1 Å². The molecule has 0 aliphatic rings. The minimum atomic E-state index is -0.530. The van der Waals surface area contributed by atoms with Crippen LogP contribution < -0.4 is 15.4 Å². The number of nitrogens with one attached hydrogen (secondary N) is 2. The number of halogens is 2. The van der Waals surface area contributed by atoms with Crippen molar-refractivity contribution in [2.45, 2.75) is 0 Å². The zero-order chi connectivity index (χ0) is 19.9. The van der Waals surface area contributed by atoms with Crippen molar-refractivity contribution >= 4 is 29.1 Å². The van der Waals surface area contributed by atoms with Crippen LogP contribution >= 0.6 is 11.6 Å². The minimum absolute atomic E-state index is 0.147. The highest BCUT2D eigenvalue weighted by molar-refractivity contribution is 6.32. The molecular weight excluding hydrogens is 383 g/mol. The number of benzene rings is 3. The molecule has 0 fully saturated rings. The standard InChI is InChI=1S/C21H16ClFN2O3/c22-18-6-1-2-7-19(18)28-17-10-8-16(9-11-17)25-20(26)13-24-21(27)14-4-3-5-15(23)12-14/h1-12H,13H2,(H,24,27)(H,25,26). The Morgan fingerprint density at radius 1 is 0.964 bits per heavy atom. The number of carbonyl (C=O) groups is 2. The third kappa shape index (κ3) is 5.31. The third-order valence-corrected chi connectivity index (χ3v) is 4.01. The number of carbonyl (C=O) groups excluding carboxylic acids is 2. The van der Waals surface area contributed by atoms with Crippen molar-refractivity contribution in [2.24, 2.45) is 0 Å². The Bertz CT molecular complexity index is 993. The van der Waals surface area contributed by atoms with Crippen molar-refractivity contribution in [2.75, 3.05) is 11.9 Å². The van der Waals surface area contributed by atoms with Gasteiger partial charge >= 0.3 is 0 Å². The molecule has 142 valence electrons. The van der Waals surface area contributed by atoms with Gasteiger partial charge in [0.05, 0.1) is 11.6 Å². The monoisotopic (exact) mass is 398 g/mol. The number of hydrogen-bond donors (Lipinski definition) is 2. The van der Waals surface area contributed by atoms with Crippen LogP contribution in [-0.4, -0.2) is 18.4 Å². The van der Waals surface area contributed by atoms with E-state index in [1.807, 2.05) is 6.07 Å². The first-order valence-corrected chi connectivity index (χ1v) is 8.75. The lowest BCUT2D eigenvalue weighted by Gasteiger charge is -2.09. The molecule has 3 aromatic rings. The van der Waals surface area contributed by atoms with Gasteiger partial charge in [0, 0.05) is 11.3 Å². The molecule has 0 radical (unpaired) electrons. The van der Waals surface area contributed by atoms with Crippen LogP contribution in [0, 0.1) is 5.82 Å². The smallest absolute Gasteiger partial charge is 0.251 e. The van der Waals surface area contributed by atoms with E-state index in [1.54, 1.807) is 42.5 Å². The van der Waals surface area contributed by atoms with Gasteiger partial charge in [-0.05, 0) is 54.6 Å². The van der Waals surface area contributed by atoms with Gasteiger partial charge in [0.25, 0.3) is 5.91 Å². The van der Waals surface area contributed by atoms with Crippen LogP contribution in [0.2, 0.25) is 5.02 Å². The molecule has 0 atom stereocenters. The molecule has 0 aliphatic heterocycles. The van der Waals surface area contributed by atoms with Gasteiger partial charge < -0.3 is 15.4 Å². The highest BCUT2D eigenvalue weighted by atomic mass is 35.5. The lowest BCUT2D eigenvalue weighted by Crippen LogP contribution is -2.32. The second-order valence-corrected chi connectivity index (χ2v) is 6.21. The van der Waals surface area contributed by atoms with E-state index in [4.69, 9.17) is 16.3 Å². The number of amides is 2. The lowest BCUT2D eigenvalue weighted by molar-refractivity contribution is -0.115. The number of hydrogen-bond acceptors (Lipinski definition) is 3. The summed E-state index contributed by atoms with van der Waals surface area (Å²) in [5.74, 6) is -0.370. The SMILES string of the molecule is O=C(CNC(=O)c1cccc(F)c1)Nc1ccc(Oc2ccccc2Cl)cc1. The summed E-state index contributed by atoms with van der Waals surface area (Å²) in [4.78, 5) is 23.9. The van der Waals surface area contributed by atoms with Crippen LogP contribution in [0.4, 0.5) is 10.1 Å². The molecule has 0 unspecified atom stereocenters. The fourth-order valence-corrected chi connectivity index (χ4v) is 2.53. The first kappa shape index (κ1) is 19.4. The lowest BCUT2D eigenvalue weighted by atomic mass is 10.2. The molecular formula is C21H16ClFN2O3. The summed E-state index contributed by atoms with van der Waals surface area (Å²) in [7, 11) is 0. The quantitative estimate of drug-likeness (QED) is 0.635. The average Bonchev–Trinajstić information content (AvgIpc) is 2.69. The number of rotatable bonds is 6. The molecule has 0 heterocycles. The summed E-state index contributed by atoms with van der Waals surface area (Å²) in [5, 5.41) is 5.59. The first-order chi connectivity index (χ1) is 13.5. The predicted octanol–water partition coefficient (Wildman–Crippen LogP) is 4.64. The van der Waals surface area contributed by atoms with Gasteiger partial charge in [-0.15, -0.1) is 0 Å². The van der Waals surface area contributed by atoms with Crippen molar-refractivity contribution in [3.63, 3.8) is 0 Å². The predicted molar refractivity (Wildman–Crippen MR) is 105 cm³/mol.